The molecular formula is C25H27N3O3S. The lowest BCUT2D eigenvalue weighted by Crippen LogP contribution is -2.28. The zero-order valence-corrected chi connectivity index (χ0v) is 19.4. The third kappa shape index (κ3) is 4.58. The summed E-state index contributed by atoms with van der Waals surface area (Å²) in [5.74, 6) is -0.468. The highest BCUT2D eigenvalue weighted by molar-refractivity contribution is 8.18. The molecule has 2 aliphatic rings. The number of likely N-dealkylation sites (N-methyl/N-ethyl adjacent to an activating group) is 1. The number of anilines is 1. The van der Waals surface area contributed by atoms with Crippen molar-refractivity contribution < 1.29 is 14.3 Å². The number of carbonyl (C=O) groups is 2. The van der Waals surface area contributed by atoms with Crippen LogP contribution in [0.25, 0.3) is 6.08 Å². The van der Waals surface area contributed by atoms with Gasteiger partial charge in [0.1, 0.15) is 0 Å². The monoisotopic (exact) mass is 449 g/mol. The Hall–Kier alpha value is -3.06. The first-order chi connectivity index (χ1) is 15.5. The van der Waals surface area contributed by atoms with Gasteiger partial charge in [0, 0.05) is 25.3 Å². The van der Waals surface area contributed by atoms with E-state index in [-0.39, 0.29) is 5.91 Å². The van der Waals surface area contributed by atoms with Gasteiger partial charge in [-0.25, -0.2) is 9.79 Å². The minimum atomic E-state index is -0.414. The molecule has 0 unspecified atom stereocenters. The number of hydrogen-bond donors (Lipinski definition) is 0. The van der Waals surface area contributed by atoms with E-state index in [0.717, 1.165) is 18.7 Å². The van der Waals surface area contributed by atoms with E-state index in [4.69, 9.17) is 4.74 Å². The van der Waals surface area contributed by atoms with Crippen LogP contribution in [0.1, 0.15) is 41.3 Å². The average molecular weight is 450 g/mol. The zero-order chi connectivity index (χ0) is 22.7. The smallest absolute Gasteiger partial charge is 0.337 e. The molecule has 1 amide bonds. The van der Waals surface area contributed by atoms with Crippen molar-refractivity contribution >= 4 is 46.3 Å². The topological polar surface area (TPSA) is 62.2 Å². The summed E-state index contributed by atoms with van der Waals surface area (Å²) < 4.78 is 4.79. The summed E-state index contributed by atoms with van der Waals surface area (Å²) in [4.78, 5) is 34.2. The SMILES string of the molecule is CCN1C(=O)C(=Cc2ccc(N3CCCC3)c(C)c2)SC1=Nc1cccc(C(=O)OC)c1. The van der Waals surface area contributed by atoms with Crippen molar-refractivity contribution in [1.29, 1.82) is 0 Å². The van der Waals surface area contributed by atoms with Gasteiger partial charge in [0.25, 0.3) is 5.91 Å². The maximum absolute atomic E-state index is 13.0. The first-order valence-corrected chi connectivity index (χ1v) is 11.7. The molecule has 0 atom stereocenters. The number of aliphatic imine (C=N–C) groups is 1. The molecule has 32 heavy (non-hydrogen) atoms. The van der Waals surface area contributed by atoms with Crippen LogP contribution in [0.2, 0.25) is 0 Å². The molecule has 0 bridgehead atoms. The number of ether oxygens (including phenoxy) is 1. The first kappa shape index (κ1) is 22.1. The van der Waals surface area contributed by atoms with Gasteiger partial charge in [-0.3, -0.25) is 9.69 Å². The van der Waals surface area contributed by atoms with Crippen LogP contribution in [-0.2, 0) is 9.53 Å². The Morgan fingerprint density at radius 2 is 1.97 bits per heavy atom. The van der Waals surface area contributed by atoms with Gasteiger partial charge in [0.05, 0.1) is 23.3 Å². The molecule has 0 radical (unpaired) electrons. The Bertz CT molecular complexity index is 1100. The van der Waals surface area contributed by atoms with Crippen LogP contribution in [-0.4, -0.2) is 48.7 Å². The number of esters is 1. The number of aryl methyl sites for hydroxylation is 1. The largest absolute Gasteiger partial charge is 0.465 e. The van der Waals surface area contributed by atoms with Crippen molar-refractivity contribution in [3.05, 3.63) is 64.1 Å². The second-order valence-electron chi connectivity index (χ2n) is 7.84. The van der Waals surface area contributed by atoms with E-state index in [0.29, 0.717) is 27.9 Å². The summed E-state index contributed by atoms with van der Waals surface area (Å²) in [5.41, 5.74) is 4.53. The molecule has 4 rings (SSSR count). The Labute approximate surface area is 193 Å². The number of rotatable bonds is 5. The van der Waals surface area contributed by atoms with E-state index in [2.05, 4.69) is 35.0 Å². The summed E-state index contributed by atoms with van der Waals surface area (Å²) in [7, 11) is 1.35. The molecular weight excluding hydrogens is 422 g/mol. The van der Waals surface area contributed by atoms with Gasteiger partial charge in [0.2, 0.25) is 0 Å². The Kier molecular flexibility index (Phi) is 6.65. The zero-order valence-electron chi connectivity index (χ0n) is 18.6. The Morgan fingerprint density at radius 3 is 2.66 bits per heavy atom. The van der Waals surface area contributed by atoms with Crippen LogP contribution >= 0.6 is 11.8 Å². The third-order valence-electron chi connectivity index (χ3n) is 5.66. The van der Waals surface area contributed by atoms with Crippen LogP contribution < -0.4 is 4.90 Å². The number of benzene rings is 2. The molecule has 2 aromatic carbocycles. The number of amides is 1. The van der Waals surface area contributed by atoms with E-state index >= 15 is 0 Å². The highest BCUT2D eigenvalue weighted by Gasteiger charge is 2.32. The normalized spacial score (nSPS) is 18.8. The fourth-order valence-corrected chi connectivity index (χ4v) is 5.10. The van der Waals surface area contributed by atoms with Crippen molar-refractivity contribution in [3.63, 3.8) is 0 Å². The third-order valence-corrected chi connectivity index (χ3v) is 6.67. The van der Waals surface area contributed by atoms with Gasteiger partial charge in [-0.05, 0) is 86.0 Å². The van der Waals surface area contributed by atoms with E-state index in [1.165, 1.54) is 43.0 Å². The average Bonchev–Trinajstić information content (AvgIpc) is 3.42. The van der Waals surface area contributed by atoms with E-state index in [9.17, 15) is 9.59 Å². The maximum atomic E-state index is 13.0. The van der Waals surface area contributed by atoms with Gasteiger partial charge in [-0.2, -0.15) is 0 Å². The number of thioether (sulfide) groups is 1. The molecule has 0 aromatic heterocycles. The van der Waals surface area contributed by atoms with E-state index in [1.54, 1.807) is 29.2 Å². The number of hydrogen-bond acceptors (Lipinski definition) is 6. The lowest BCUT2D eigenvalue weighted by atomic mass is 10.1. The standard InChI is InChI=1S/C25H27N3O3S/c1-4-28-23(29)22(15-18-10-11-21(17(2)14-18)27-12-5-6-13-27)32-25(28)26-20-9-7-8-19(16-20)24(30)31-3/h7-11,14-16H,4-6,12-13H2,1-3H3. The molecule has 2 aromatic rings. The number of amidine groups is 1. The molecule has 2 saturated heterocycles. The minimum absolute atomic E-state index is 0.0540. The van der Waals surface area contributed by atoms with Crippen molar-refractivity contribution in [2.45, 2.75) is 26.7 Å². The van der Waals surface area contributed by atoms with Gasteiger partial charge in [-0.1, -0.05) is 12.1 Å². The van der Waals surface area contributed by atoms with Crippen molar-refractivity contribution in [3.8, 4) is 0 Å². The number of methoxy groups -OCH3 is 1. The predicted octanol–water partition coefficient (Wildman–Crippen LogP) is 5.01. The molecule has 2 aliphatic heterocycles. The van der Waals surface area contributed by atoms with Crippen LogP contribution in [0.5, 0.6) is 0 Å². The Morgan fingerprint density at radius 1 is 1.19 bits per heavy atom. The summed E-state index contributed by atoms with van der Waals surface area (Å²) >= 11 is 1.36. The van der Waals surface area contributed by atoms with Crippen LogP contribution in [0.15, 0.2) is 52.4 Å². The molecule has 7 heteroatoms. The molecule has 6 nitrogen and oxygen atoms in total. The van der Waals surface area contributed by atoms with Crippen LogP contribution in [0, 0.1) is 6.92 Å². The lowest BCUT2D eigenvalue weighted by Gasteiger charge is -2.20. The van der Waals surface area contributed by atoms with Gasteiger partial charge < -0.3 is 9.64 Å². The Balaban J connectivity index is 1.60. The number of carbonyl (C=O) groups excluding carboxylic acids is 2. The summed E-state index contributed by atoms with van der Waals surface area (Å²) in [6.07, 6.45) is 4.42. The molecule has 0 saturated carbocycles. The highest BCUT2D eigenvalue weighted by Crippen LogP contribution is 2.35. The molecule has 166 valence electrons. The predicted molar refractivity (Wildman–Crippen MR) is 130 cm³/mol. The lowest BCUT2D eigenvalue weighted by molar-refractivity contribution is -0.122. The summed E-state index contributed by atoms with van der Waals surface area (Å²) in [5, 5.41) is 0.608. The highest BCUT2D eigenvalue weighted by atomic mass is 32.2. The summed E-state index contributed by atoms with van der Waals surface area (Å²) in [6.45, 7) is 6.79. The second-order valence-corrected chi connectivity index (χ2v) is 8.85. The van der Waals surface area contributed by atoms with E-state index in [1.807, 2.05) is 13.0 Å². The maximum Gasteiger partial charge on any atom is 0.337 e. The molecule has 0 aliphatic carbocycles. The summed E-state index contributed by atoms with van der Waals surface area (Å²) in [6, 6.07) is 13.3. The van der Waals surface area contributed by atoms with Crippen molar-refractivity contribution in [2.75, 3.05) is 31.6 Å². The molecule has 0 N–H and O–H groups in total. The van der Waals surface area contributed by atoms with Gasteiger partial charge >= 0.3 is 5.97 Å². The van der Waals surface area contributed by atoms with Crippen molar-refractivity contribution in [1.82, 2.24) is 4.90 Å². The molecule has 2 heterocycles. The van der Waals surface area contributed by atoms with Crippen LogP contribution in [0.4, 0.5) is 11.4 Å². The quantitative estimate of drug-likeness (QED) is 0.475. The van der Waals surface area contributed by atoms with E-state index < -0.39 is 5.97 Å². The molecule has 2 fully saturated rings. The fraction of sp³-hybridized carbons (Fsp3) is 0.320. The van der Waals surface area contributed by atoms with Gasteiger partial charge in [-0.15, -0.1) is 0 Å². The van der Waals surface area contributed by atoms with Crippen molar-refractivity contribution in [2.24, 2.45) is 4.99 Å². The van der Waals surface area contributed by atoms with Crippen LogP contribution in [0.3, 0.4) is 0 Å². The minimum Gasteiger partial charge on any atom is -0.465 e. The molecule has 0 spiro atoms. The second kappa shape index (κ2) is 9.61. The fourth-order valence-electron chi connectivity index (χ4n) is 4.03. The number of nitrogens with zero attached hydrogens (tertiary/aromatic N) is 3. The first-order valence-electron chi connectivity index (χ1n) is 10.8. The van der Waals surface area contributed by atoms with Gasteiger partial charge in [0.15, 0.2) is 5.17 Å².